The Bertz CT molecular complexity index is 371. The second kappa shape index (κ2) is 4.80. The van der Waals surface area contributed by atoms with Gasteiger partial charge in [0.05, 0.1) is 0 Å². The maximum absolute atomic E-state index is 3.33. The topological polar surface area (TPSA) is 12.0 Å². The van der Waals surface area contributed by atoms with Crippen LogP contribution in [0.3, 0.4) is 0 Å². The van der Waals surface area contributed by atoms with Crippen molar-refractivity contribution in [2.24, 2.45) is 5.92 Å². The molecule has 0 spiro atoms. The highest BCUT2D eigenvalue weighted by molar-refractivity contribution is 7.99. The van der Waals surface area contributed by atoms with Crippen molar-refractivity contribution in [3.05, 3.63) is 29.3 Å². The van der Waals surface area contributed by atoms with Gasteiger partial charge in [0.15, 0.2) is 0 Å². The van der Waals surface area contributed by atoms with E-state index in [0.717, 1.165) is 5.92 Å². The highest BCUT2D eigenvalue weighted by atomic mass is 32.2. The van der Waals surface area contributed by atoms with Crippen LogP contribution in [0, 0.1) is 5.92 Å². The molecule has 1 N–H and O–H groups in total. The zero-order valence-corrected chi connectivity index (χ0v) is 10.5. The van der Waals surface area contributed by atoms with Gasteiger partial charge in [0.2, 0.25) is 0 Å². The molecule has 16 heavy (non-hydrogen) atoms. The van der Waals surface area contributed by atoms with Crippen LogP contribution in [0.2, 0.25) is 0 Å². The number of hydrogen-bond donors (Lipinski definition) is 1. The average molecular weight is 233 g/mol. The maximum Gasteiger partial charge on any atom is 0.00750 e. The molecule has 0 amide bonds. The number of nitrogens with one attached hydrogen (secondary N) is 1. The summed E-state index contributed by atoms with van der Waals surface area (Å²) in [6.07, 6.45) is 5.36. The third kappa shape index (κ3) is 2.28. The summed E-state index contributed by atoms with van der Waals surface area (Å²) in [6.45, 7) is 2.44. The van der Waals surface area contributed by atoms with Crippen molar-refractivity contribution in [2.45, 2.75) is 30.6 Å². The molecule has 0 bridgehead atoms. The van der Waals surface area contributed by atoms with Crippen molar-refractivity contribution in [1.82, 2.24) is 5.32 Å². The second-order valence-corrected chi connectivity index (χ2v) is 6.07. The highest BCUT2D eigenvalue weighted by Gasteiger charge is 2.17. The molecule has 1 nitrogen and oxygen atoms in total. The summed E-state index contributed by atoms with van der Waals surface area (Å²) >= 11 is 2.04. The first-order valence-corrected chi connectivity index (χ1v) is 7.36. The van der Waals surface area contributed by atoms with Crippen LogP contribution in [0.4, 0.5) is 0 Å². The van der Waals surface area contributed by atoms with Crippen LogP contribution in [0.1, 0.15) is 24.0 Å². The molecule has 0 unspecified atom stereocenters. The number of hydrogen-bond acceptors (Lipinski definition) is 2. The van der Waals surface area contributed by atoms with E-state index in [2.05, 4.69) is 23.5 Å². The summed E-state index contributed by atoms with van der Waals surface area (Å²) in [5.41, 5.74) is 3.21. The van der Waals surface area contributed by atoms with E-state index in [-0.39, 0.29) is 0 Å². The summed E-state index contributed by atoms with van der Waals surface area (Å²) in [7, 11) is 0. The second-order valence-electron chi connectivity index (χ2n) is 4.97. The zero-order valence-electron chi connectivity index (χ0n) is 9.67. The lowest BCUT2D eigenvalue weighted by molar-refractivity contribution is 0.385. The Morgan fingerprint density at radius 2 is 1.94 bits per heavy atom. The van der Waals surface area contributed by atoms with Crippen LogP contribution in [-0.2, 0) is 12.8 Å². The molecule has 1 aliphatic heterocycles. The van der Waals surface area contributed by atoms with E-state index in [4.69, 9.17) is 0 Å². The summed E-state index contributed by atoms with van der Waals surface area (Å²) in [5.74, 6) is 2.19. The molecule has 2 aliphatic rings. The van der Waals surface area contributed by atoms with Crippen molar-refractivity contribution in [3.63, 3.8) is 0 Å². The minimum Gasteiger partial charge on any atom is -0.316 e. The van der Waals surface area contributed by atoms with Gasteiger partial charge in [-0.25, -0.2) is 0 Å². The molecule has 3 rings (SSSR count). The van der Waals surface area contributed by atoms with Gasteiger partial charge in [-0.1, -0.05) is 6.07 Å². The van der Waals surface area contributed by atoms with Crippen LogP contribution < -0.4 is 5.32 Å². The van der Waals surface area contributed by atoms with Gasteiger partial charge in [0, 0.05) is 10.6 Å². The van der Waals surface area contributed by atoms with E-state index >= 15 is 0 Å². The fraction of sp³-hybridized carbons (Fsp3) is 0.571. The first-order valence-electron chi connectivity index (χ1n) is 6.37. The fourth-order valence-corrected chi connectivity index (χ4v) is 3.53. The van der Waals surface area contributed by atoms with E-state index in [1.807, 2.05) is 11.8 Å². The number of thioether (sulfide) groups is 1. The van der Waals surface area contributed by atoms with Crippen molar-refractivity contribution in [3.8, 4) is 0 Å². The van der Waals surface area contributed by atoms with Crippen LogP contribution in [0.5, 0.6) is 0 Å². The number of aryl methyl sites for hydroxylation is 2. The van der Waals surface area contributed by atoms with E-state index in [1.54, 1.807) is 11.1 Å². The number of fused-ring (bicyclic) bond motifs is 1. The van der Waals surface area contributed by atoms with Crippen molar-refractivity contribution >= 4 is 11.8 Å². The highest BCUT2D eigenvalue weighted by Crippen LogP contribution is 2.28. The molecular formula is C14H19NS. The first-order chi connectivity index (χ1) is 7.92. The summed E-state index contributed by atoms with van der Waals surface area (Å²) in [4.78, 5) is 1.48. The Labute approximate surface area is 102 Å². The van der Waals surface area contributed by atoms with Crippen molar-refractivity contribution in [2.75, 3.05) is 18.8 Å². The Balaban J connectivity index is 1.65. The normalized spacial score (nSPS) is 20.2. The summed E-state index contributed by atoms with van der Waals surface area (Å²) < 4.78 is 0. The quantitative estimate of drug-likeness (QED) is 0.806. The molecule has 1 aromatic carbocycles. The van der Waals surface area contributed by atoms with Gasteiger partial charge in [-0.15, -0.1) is 11.8 Å². The molecule has 2 heteroatoms. The zero-order chi connectivity index (χ0) is 10.8. The molecule has 1 fully saturated rings. The monoisotopic (exact) mass is 233 g/mol. The molecule has 1 aliphatic carbocycles. The SMILES string of the molecule is c1cc2c(cc1SCC1CNC1)CCCC2. The van der Waals surface area contributed by atoms with Gasteiger partial charge in [0.1, 0.15) is 0 Å². The molecule has 1 aromatic rings. The molecule has 1 saturated heterocycles. The van der Waals surface area contributed by atoms with Crippen LogP contribution in [0.15, 0.2) is 23.1 Å². The molecule has 0 atom stereocenters. The molecule has 86 valence electrons. The van der Waals surface area contributed by atoms with E-state index in [1.165, 1.54) is 49.4 Å². The molecule has 1 heterocycles. The maximum atomic E-state index is 3.33. The summed E-state index contributed by atoms with van der Waals surface area (Å²) in [6, 6.07) is 7.11. The molecule has 0 aromatic heterocycles. The lowest BCUT2D eigenvalue weighted by Gasteiger charge is -2.26. The third-order valence-corrected chi connectivity index (χ3v) is 4.90. The van der Waals surface area contributed by atoms with Gasteiger partial charge < -0.3 is 5.32 Å². The molecular weight excluding hydrogens is 214 g/mol. The Kier molecular flexibility index (Phi) is 3.20. The van der Waals surface area contributed by atoms with Crippen LogP contribution >= 0.6 is 11.8 Å². The predicted molar refractivity (Wildman–Crippen MR) is 70.2 cm³/mol. The Morgan fingerprint density at radius 3 is 2.69 bits per heavy atom. The van der Waals surface area contributed by atoms with Crippen molar-refractivity contribution in [1.29, 1.82) is 0 Å². The fourth-order valence-electron chi connectivity index (χ4n) is 2.48. The van der Waals surface area contributed by atoms with E-state index < -0.39 is 0 Å². The van der Waals surface area contributed by atoms with E-state index in [0.29, 0.717) is 0 Å². The number of rotatable bonds is 3. The smallest absolute Gasteiger partial charge is 0.00750 e. The first kappa shape index (κ1) is 10.7. The third-order valence-electron chi connectivity index (χ3n) is 3.67. The Hall–Kier alpha value is -0.470. The minimum atomic E-state index is 0.904. The van der Waals surface area contributed by atoms with Gasteiger partial charge in [0.25, 0.3) is 0 Å². The lowest BCUT2D eigenvalue weighted by atomic mass is 9.92. The van der Waals surface area contributed by atoms with Crippen LogP contribution in [0.25, 0.3) is 0 Å². The standard InChI is InChI=1S/C14H19NS/c1-2-4-13-7-14(6-5-12(13)3-1)16-10-11-8-15-9-11/h5-7,11,15H,1-4,8-10H2. The van der Waals surface area contributed by atoms with Gasteiger partial charge >= 0.3 is 0 Å². The predicted octanol–water partition coefficient (Wildman–Crippen LogP) is 2.88. The lowest BCUT2D eigenvalue weighted by Crippen LogP contribution is -2.43. The van der Waals surface area contributed by atoms with E-state index in [9.17, 15) is 0 Å². The molecule has 0 saturated carbocycles. The van der Waals surface area contributed by atoms with Crippen molar-refractivity contribution < 1.29 is 0 Å². The molecule has 0 radical (unpaired) electrons. The van der Waals surface area contributed by atoms with Gasteiger partial charge in [-0.3, -0.25) is 0 Å². The number of benzene rings is 1. The van der Waals surface area contributed by atoms with Gasteiger partial charge in [-0.2, -0.15) is 0 Å². The summed E-state index contributed by atoms with van der Waals surface area (Å²) in [5, 5.41) is 3.33. The van der Waals surface area contributed by atoms with Gasteiger partial charge in [-0.05, 0) is 68.0 Å². The Morgan fingerprint density at radius 1 is 1.12 bits per heavy atom. The minimum absolute atomic E-state index is 0.904. The largest absolute Gasteiger partial charge is 0.316 e. The van der Waals surface area contributed by atoms with Crippen LogP contribution in [-0.4, -0.2) is 18.8 Å². The average Bonchev–Trinajstić information content (AvgIpc) is 2.27.